The van der Waals surface area contributed by atoms with E-state index in [1.807, 2.05) is 26.1 Å². The van der Waals surface area contributed by atoms with Crippen LogP contribution in [-0.4, -0.2) is 27.7 Å². The first-order chi connectivity index (χ1) is 9.16. The third kappa shape index (κ3) is 2.26. The second kappa shape index (κ2) is 4.94. The lowest BCUT2D eigenvalue weighted by Crippen LogP contribution is -2.30. The molecule has 1 atom stereocenters. The first-order valence-corrected chi connectivity index (χ1v) is 6.98. The zero-order valence-electron chi connectivity index (χ0n) is 11.6. The van der Waals surface area contributed by atoms with Crippen molar-refractivity contribution in [3.8, 4) is 0 Å². The highest BCUT2D eigenvalue weighted by Crippen LogP contribution is 2.30. The van der Waals surface area contributed by atoms with Crippen molar-refractivity contribution in [1.82, 2.24) is 14.9 Å². The molecule has 0 spiro atoms. The number of fused-ring (bicyclic) bond motifs is 1. The van der Waals surface area contributed by atoms with Gasteiger partial charge >= 0.3 is 0 Å². The molecule has 1 aliphatic heterocycles. The van der Waals surface area contributed by atoms with E-state index in [1.165, 1.54) is 0 Å². The molecule has 102 valence electrons. The fourth-order valence-electron chi connectivity index (χ4n) is 2.95. The zero-order chi connectivity index (χ0) is 13.4. The minimum Gasteiger partial charge on any atom is -0.388 e. The summed E-state index contributed by atoms with van der Waals surface area (Å²) in [5, 5.41) is 13.9. The summed E-state index contributed by atoms with van der Waals surface area (Å²) in [6, 6.07) is 6.14. The Balaban J connectivity index is 1.91. The van der Waals surface area contributed by atoms with E-state index in [0.29, 0.717) is 5.92 Å². The molecule has 1 aliphatic rings. The van der Waals surface area contributed by atoms with Gasteiger partial charge in [-0.15, -0.1) is 0 Å². The van der Waals surface area contributed by atoms with Gasteiger partial charge in [0.05, 0.1) is 17.1 Å². The van der Waals surface area contributed by atoms with Crippen molar-refractivity contribution < 1.29 is 5.11 Å². The predicted octanol–water partition coefficient (Wildman–Crippen LogP) is 1.91. The van der Waals surface area contributed by atoms with Gasteiger partial charge in [0.2, 0.25) is 0 Å². The number of hydrogen-bond acceptors (Lipinski definition) is 3. The molecule has 0 saturated carbocycles. The van der Waals surface area contributed by atoms with Gasteiger partial charge in [-0.25, -0.2) is 4.98 Å². The molecule has 2 heterocycles. The van der Waals surface area contributed by atoms with Gasteiger partial charge in [0.25, 0.3) is 0 Å². The van der Waals surface area contributed by atoms with Crippen LogP contribution in [-0.2, 0) is 7.05 Å². The van der Waals surface area contributed by atoms with Crippen molar-refractivity contribution in [2.24, 2.45) is 13.0 Å². The molecule has 0 radical (unpaired) electrons. The molecular formula is C15H21N3O. The van der Waals surface area contributed by atoms with Crippen molar-refractivity contribution in [2.75, 3.05) is 13.1 Å². The number of aliphatic hydroxyl groups is 1. The highest BCUT2D eigenvalue weighted by Gasteiger charge is 2.23. The first-order valence-electron chi connectivity index (χ1n) is 6.98. The summed E-state index contributed by atoms with van der Waals surface area (Å²) in [5.41, 5.74) is 3.10. The van der Waals surface area contributed by atoms with Crippen LogP contribution in [0.3, 0.4) is 0 Å². The zero-order valence-corrected chi connectivity index (χ0v) is 11.6. The van der Waals surface area contributed by atoms with Crippen LogP contribution in [0.25, 0.3) is 11.0 Å². The fraction of sp³-hybridized carbons (Fsp3) is 0.533. The normalized spacial score (nSPS) is 18.9. The van der Waals surface area contributed by atoms with E-state index in [9.17, 15) is 5.11 Å². The number of nitrogens with one attached hydrogen (secondary N) is 1. The molecule has 4 nitrogen and oxygen atoms in total. The minimum absolute atomic E-state index is 0.364. The molecule has 3 rings (SSSR count). The van der Waals surface area contributed by atoms with Gasteiger partial charge in [-0.05, 0) is 56.5 Å². The molecule has 2 N–H and O–H groups in total. The lowest BCUT2D eigenvalue weighted by molar-refractivity contribution is 0.0890. The van der Waals surface area contributed by atoms with Gasteiger partial charge in [0, 0.05) is 7.05 Å². The molecule has 1 fully saturated rings. The first kappa shape index (κ1) is 12.6. The predicted molar refractivity (Wildman–Crippen MR) is 76.0 cm³/mol. The van der Waals surface area contributed by atoms with Crippen molar-refractivity contribution in [3.63, 3.8) is 0 Å². The van der Waals surface area contributed by atoms with E-state index in [2.05, 4.69) is 20.9 Å². The third-order valence-corrected chi connectivity index (χ3v) is 4.30. The van der Waals surface area contributed by atoms with Crippen LogP contribution >= 0.6 is 0 Å². The standard InChI is InChI=1S/C15H21N3O/c1-10-17-13-9-12(3-4-14(13)18(10)2)15(19)11-5-7-16-8-6-11/h3-4,9,11,15-16,19H,5-8H2,1-2H3. The lowest BCUT2D eigenvalue weighted by Gasteiger charge is -2.27. The fourth-order valence-corrected chi connectivity index (χ4v) is 2.95. The van der Waals surface area contributed by atoms with Gasteiger partial charge in [0.15, 0.2) is 0 Å². The Morgan fingerprint density at radius 1 is 1.37 bits per heavy atom. The van der Waals surface area contributed by atoms with Gasteiger partial charge in [0.1, 0.15) is 5.82 Å². The summed E-state index contributed by atoms with van der Waals surface area (Å²) in [4.78, 5) is 4.54. The van der Waals surface area contributed by atoms with Crippen LogP contribution in [0.2, 0.25) is 0 Å². The quantitative estimate of drug-likeness (QED) is 0.866. The second-order valence-electron chi connectivity index (χ2n) is 5.50. The van der Waals surface area contributed by atoms with E-state index in [4.69, 9.17) is 0 Å². The van der Waals surface area contributed by atoms with E-state index < -0.39 is 0 Å². The number of benzene rings is 1. The van der Waals surface area contributed by atoms with Crippen molar-refractivity contribution in [2.45, 2.75) is 25.9 Å². The SMILES string of the molecule is Cc1nc2cc(C(O)C3CCNCC3)ccc2n1C. The summed E-state index contributed by atoms with van der Waals surface area (Å²) < 4.78 is 2.08. The van der Waals surface area contributed by atoms with E-state index in [-0.39, 0.29) is 6.10 Å². The molecular weight excluding hydrogens is 238 g/mol. The summed E-state index contributed by atoms with van der Waals surface area (Å²) in [6.07, 6.45) is 1.72. The number of nitrogens with zero attached hydrogens (tertiary/aromatic N) is 2. The Bertz CT molecular complexity index is 584. The van der Waals surface area contributed by atoms with E-state index >= 15 is 0 Å². The second-order valence-corrected chi connectivity index (χ2v) is 5.50. The number of aromatic nitrogens is 2. The molecule has 19 heavy (non-hydrogen) atoms. The lowest BCUT2D eigenvalue weighted by atomic mass is 9.88. The molecule has 0 aliphatic carbocycles. The third-order valence-electron chi connectivity index (χ3n) is 4.30. The van der Waals surface area contributed by atoms with Crippen LogP contribution in [0.5, 0.6) is 0 Å². The van der Waals surface area contributed by atoms with Crippen LogP contribution in [0.15, 0.2) is 18.2 Å². The number of hydrogen-bond donors (Lipinski definition) is 2. The summed E-state index contributed by atoms with van der Waals surface area (Å²) in [6.45, 7) is 4.02. The molecule has 0 amide bonds. The molecule has 4 heteroatoms. The maximum Gasteiger partial charge on any atom is 0.106 e. The summed E-state index contributed by atoms with van der Waals surface area (Å²) >= 11 is 0. The van der Waals surface area contributed by atoms with Crippen LogP contribution in [0.1, 0.15) is 30.3 Å². The number of aryl methyl sites for hydroxylation is 2. The summed E-state index contributed by atoms with van der Waals surface area (Å²) in [5.74, 6) is 1.37. The highest BCUT2D eigenvalue weighted by molar-refractivity contribution is 5.76. The van der Waals surface area contributed by atoms with Crippen LogP contribution < -0.4 is 5.32 Å². The van der Waals surface area contributed by atoms with Gasteiger partial charge in [-0.3, -0.25) is 0 Å². The van der Waals surface area contributed by atoms with E-state index in [1.54, 1.807) is 0 Å². The van der Waals surface area contributed by atoms with E-state index in [0.717, 1.165) is 48.4 Å². The Morgan fingerprint density at radius 3 is 2.84 bits per heavy atom. The molecule has 0 bridgehead atoms. The number of piperidine rings is 1. The largest absolute Gasteiger partial charge is 0.388 e. The molecule has 1 aromatic heterocycles. The van der Waals surface area contributed by atoms with Gasteiger partial charge in [-0.2, -0.15) is 0 Å². The number of aliphatic hydroxyl groups excluding tert-OH is 1. The van der Waals surface area contributed by atoms with Crippen molar-refractivity contribution in [1.29, 1.82) is 0 Å². The summed E-state index contributed by atoms with van der Waals surface area (Å²) in [7, 11) is 2.02. The van der Waals surface area contributed by atoms with Crippen molar-refractivity contribution >= 4 is 11.0 Å². The monoisotopic (exact) mass is 259 g/mol. The Labute approximate surface area is 113 Å². The Kier molecular flexibility index (Phi) is 3.29. The molecule has 2 aromatic rings. The average molecular weight is 259 g/mol. The maximum absolute atomic E-state index is 10.5. The Morgan fingerprint density at radius 2 is 2.11 bits per heavy atom. The number of imidazole rings is 1. The molecule has 1 aromatic carbocycles. The minimum atomic E-state index is -0.367. The van der Waals surface area contributed by atoms with Gasteiger partial charge in [-0.1, -0.05) is 6.07 Å². The smallest absolute Gasteiger partial charge is 0.106 e. The van der Waals surface area contributed by atoms with Crippen LogP contribution in [0, 0.1) is 12.8 Å². The number of rotatable bonds is 2. The maximum atomic E-state index is 10.5. The topological polar surface area (TPSA) is 50.1 Å². The highest BCUT2D eigenvalue weighted by atomic mass is 16.3. The average Bonchev–Trinajstić information content (AvgIpc) is 2.74. The van der Waals surface area contributed by atoms with Crippen molar-refractivity contribution in [3.05, 3.63) is 29.6 Å². The van der Waals surface area contributed by atoms with Gasteiger partial charge < -0.3 is 15.0 Å². The Hall–Kier alpha value is -1.39. The molecule has 1 unspecified atom stereocenters. The van der Waals surface area contributed by atoms with Crippen LogP contribution in [0.4, 0.5) is 0 Å². The molecule has 1 saturated heterocycles.